The predicted molar refractivity (Wildman–Crippen MR) is 93.4 cm³/mol. The van der Waals surface area contributed by atoms with Gasteiger partial charge in [-0.3, -0.25) is 4.79 Å². The first kappa shape index (κ1) is 17.3. The van der Waals surface area contributed by atoms with E-state index in [9.17, 15) is 4.79 Å². The zero-order valence-electron chi connectivity index (χ0n) is 14.4. The maximum atomic E-state index is 11.7. The first-order chi connectivity index (χ1) is 10.9. The molecule has 1 aromatic heterocycles. The van der Waals surface area contributed by atoms with Gasteiger partial charge in [-0.15, -0.1) is 0 Å². The fraction of sp³-hybridized carbons (Fsp3) is 0.450. The molecule has 3 heteroatoms. The molecule has 3 nitrogen and oxygen atoms in total. The Hall–Kier alpha value is -2.03. The molecule has 0 bridgehead atoms. The number of hydrogen-bond acceptors (Lipinski definition) is 2. The number of carbonyl (C=O) groups excluding carboxylic acids is 1. The summed E-state index contributed by atoms with van der Waals surface area (Å²) in [6, 6.07) is 14.7. The van der Waals surface area contributed by atoms with Crippen molar-refractivity contribution in [2.24, 2.45) is 0 Å². The van der Waals surface area contributed by atoms with E-state index < -0.39 is 0 Å². The zero-order chi connectivity index (χ0) is 16.7. The molecular weight excluding hydrogens is 286 g/mol. The average Bonchev–Trinajstić information content (AvgIpc) is 2.90. The summed E-state index contributed by atoms with van der Waals surface area (Å²) in [5.41, 5.74) is 2.25. The van der Waals surface area contributed by atoms with E-state index in [0.717, 1.165) is 25.8 Å². The number of aromatic nitrogens is 1. The Balaban J connectivity index is 1.77. The van der Waals surface area contributed by atoms with Crippen molar-refractivity contribution in [3.05, 3.63) is 59.9 Å². The molecule has 0 atom stereocenters. The van der Waals surface area contributed by atoms with Gasteiger partial charge in [0.25, 0.3) is 0 Å². The van der Waals surface area contributed by atoms with Crippen LogP contribution in [0.15, 0.2) is 48.7 Å². The van der Waals surface area contributed by atoms with Crippen LogP contribution in [0.1, 0.15) is 51.3 Å². The maximum Gasteiger partial charge on any atom is 0.306 e. The van der Waals surface area contributed by atoms with E-state index in [1.54, 1.807) is 0 Å². The van der Waals surface area contributed by atoms with Crippen LogP contribution < -0.4 is 0 Å². The van der Waals surface area contributed by atoms with Gasteiger partial charge in [0.05, 0.1) is 0 Å². The van der Waals surface area contributed by atoms with E-state index in [-0.39, 0.29) is 11.6 Å². The number of esters is 1. The van der Waals surface area contributed by atoms with Crippen LogP contribution >= 0.6 is 0 Å². The van der Waals surface area contributed by atoms with Crippen molar-refractivity contribution < 1.29 is 9.53 Å². The molecule has 0 N–H and O–H groups in total. The second-order valence-electron chi connectivity index (χ2n) is 6.90. The summed E-state index contributed by atoms with van der Waals surface area (Å²) < 4.78 is 7.61. The van der Waals surface area contributed by atoms with Crippen LogP contribution in [-0.2, 0) is 22.5 Å². The van der Waals surface area contributed by atoms with Crippen molar-refractivity contribution in [1.82, 2.24) is 4.57 Å². The number of unbranched alkanes of at least 4 members (excludes halogenated alkanes) is 1. The van der Waals surface area contributed by atoms with Gasteiger partial charge in [-0.05, 0) is 51.3 Å². The fourth-order valence-corrected chi connectivity index (χ4v) is 2.58. The lowest BCUT2D eigenvalue weighted by Crippen LogP contribution is -2.23. The van der Waals surface area contributed by atoms with Crippen molar-refractivity contribution in [3.8, 4) is 0 Å². The van der Waals surface area contributed by atoms with Crippen molar-refractivity contribution in [3.63, 3.8) is 0 Å². The normalized spacial score (nSPS) is 11.4. The SMILES string of the molecule is CC(C)(C)OC(=O)CCCCn1cccc1Cc1ccccc1. The molecule has 0 fully saturated rings. The summed E-state index contributed by atoms with van der Waals surface area (Å²) in [5.74, 6) is -0.102. The average molecular weight is 313 g/mol. The lowest BCUT2D eigenvalue weighted by Gasteiger charge is -2.19. The molecule has 2 aromatic rings. The number of rotatable bonds is 7. The summed E-state index contributed by atoms with van der Waals surface area (Å²) in [5, 5.41) is 0. The predicted octanol–water partition coefficient (Wildman–Crippen LogP) is 4.59. The first-order valence-electron chi connectivity index (χ1n) is 8.34. The van der Waals surface area contributed by atoms with Gasteiger partial charge in [-0.2, -0.15) is 0 Å². The van der Waals surface area contributed by atoms with Gasteiger partial charge in [0, 0.05) is 31.3 Å². The number of carbonyl (C=O) groups is 1. The Bertz CT molecular complexity index is 608. The number of nitrogens with zero attached hydrogens (tertiary/aromatic N) is 1. The van der Waals surface area contributed by atoms with Gasteiger partial charge in [0.2, 0.25) is 0 Å². The second kappa shape index (κ2) is 8.00. The van der Waals surface area contributed by atoms with Crippen molar-refractivity contribution in [2.45, 2.75) is 58.6 Å². The second-order valence-corrected chi connectivity index (χ2v) is 6.90. The highest BCUT2D eigenvalue weighted by Gasteiger charge is 2.15. The molecule has 0 amide bonds. The lowest BCUT2D eigenvalue weighted by atomic mass is 10.1. The van der Waals surface area contributed by atoms with Crippen LogP contribution in [0, 0.1) is 0 Å². The summed E-state index contributed by atoms with van der Waals surface area (Å²) in [6.45, 7) is 6.65. The molecule has 0 aliphatic carbocycles. The molecule has 0 unspecified atom stereocenters. The van der Waals surface area contributed by atoms with Crippen LogP contribution in [0.25, 0.3) is 0 Å². The van der Waals surface area contributed by atoms with Crippen LogP contribution in [-0.4, -0.2) is 16.1 Å². The van der Waals surface area contributed by atoms with E-state index in [2.05, 4.69) is 47.2 Å². The molecule has 1 aromatic carbocycles. The third-order valence-corrected chi connectivity index (χ3v) is 3.60. The topological polar surface area (TPSA) is 31.2 Å². The molecule has 23 heavy (non-hydrogen) atoms. The quantitative estimate of drug-likeness (QED) is 0.553. The Morgan fingerprint density at radius 3 is 2.48 bits per heavy atom. The Labute approximate surface area is 139 Å². The van der Waals surface area contributed by atoms with Gasteiger partial charge in [-0.25, -0.2) is 0 Å². The van der Waals surface area contributed by atoms with Gasteiger partial charge in [-0.1, -0.05) is 30.3 Å². The van der Waals surface area contributed by atoms with Gasteiger partial charge in [0.1, 0.15) is 5.60 Å². The smallest absolute Gasteiger partial charge is 0.306 e. The molecule has 0 saturated heterocycles. The van der Waals surface area contributed by atoms with Crippen molar-refractivity contribution in [1.29, 1.82) is 0 Å². The maximum absolute atomic E-state index is 11.7. The van der Waals surface area contributed by atoms with Crippen LogP contribution in [0.4, 0.5) is 0 Å². The molecule has 2 rings (SSSR count). The summed E-state index contributed by atoms with van der Waals surface area (Å²) >= 11 is 0. The molecule has 0 aliphatic rings. The van der Waals surface area contributed by atoms with Crippen molar-refractivity contribution >= 4 is 5.97 Å². The van der Waals surface area contributed by atoms with Gasteiger partial charge < -0.3 is 9.30 Å². The summed E-state index contributed by atoms with van der Waals surface area (Å²) in [7, 11) is 0. The monoisotopic (exact) mass is 313 g/mol. The van der Waals surface area contributed by atoms with Gasteiger partial charge >= 0.3 is 5.97 Å². The highest BCUT2D eigenvalue weighted by Crippen LogP contribution is 2.13. The molecular formula is C20H27NO2. The zero-order valence-corrected chi connectivity index (χ0v) is 14.4. The third kappa shape index (κ3) is 6.31. The minimum Gasteiger partial charge on any atom is -0.460 e. The highest BCUT2D eigenvalue weighted by molar-refractivity contribution is 5.69. The van der Waals surface area contributed by atoms with E-state index >= 15 is 0 Å². The Morgan fingerprint density at radius 2 is 1.78 bits per heavy atom. The molecule has 0 radical (unpaired) electrons. The van der Waals surface area contributed by atoms with Crippen LogP contribution in [0.3, 0.4) is 0 Å². The molecule has 0 saturated carbocycles. The fourth-order valence-electron chi connectivity index (χ4n) is 2.58. The van der Waals surface area contributed by atoms with Crippen LogP contribution in [0.2, 0.25) is 0 Å². The van der Waals surface area contributed by atoms with Crippen LogP contribution in [0.5, 0.6) is 0 Å². The largest absolute Gasteiger partial charge is 0.460 e. The molecule has 1 heterocycles. The number of benzene rings is 1. The molecule has 124 valence electrons. The van der Waals surface area contributed by atoms with Gasteiger partial charge in [0.15, 0.2) is 0 Å². The molecule has 0 spiro atoms. The number of aryl methyl sites for hydroxylation is 1. The number of hydrogen-bond donors (Lipinski definition) is 0. The highest BCUT2D eigenvalue weighted by atomic mass is 16.6. The number of ether oxygens (including phenoxy) is 1. The summed E-state index contributed by atoms with van der Waals surface area (Å²) in [4.78, 5) is 11.7. The van der Waals surface area contributed by atoms with Crippen molar-refractivity contribution in [2.75, 3.05) is 0 Å². The summed E-state index contributed by atoms with van der Waals surface area (Å²) in [6.07, 6.45) is 5.39. The van der Waals surface area contributed by atoms with E-state index in [4.69, 9.17) is 4.74 Å². The molecule has 0 aliphatic heterocycles. The lowest BCUT2D eigenvalue weighted by molar-refractivity contribution is -0.154. The standard InChI is InChI=1S/C20H27NO2/c1-20(2,3)23-19(22)13-7-8-14-21-15-9-12-18(21)16-17-10-5-4-6-11-17/h4-6,9-12,15H,7-8,13-14,16H2,1-3H3. The van der Waals surface area contributed by atoms with E-state index in [0.29, 0.717) is 6.42 Å². The van der Waals surface area contributed by atoms with E-state index in [1.807, 2.05) is 26.8 Å². The first-order valence-corrected chi connectivity index (χ1v) is 8.34. The Kier molecular flexibility index (Phi) is 6.03. The minimum atomic E-state index is -0.389. The Morgan fingerprint density at radius 1 is 1.04 bits per heavy atom. The van der Waals surface area contributed by atoms with E-state index in [1.165, 1.54) is 11.3 Å². The minimum absolute atomic E-state index is 0.102. The third-order valence-electron chi connectivity index (χ3n) is 3.60.